The third-order valence-corrected chi connectivity index (χ3v) is 2.90. The molecule has 5 nitrogen and oxygen atoms in total. The van der Waals surface area contributed by atoms with E-state index in [4.69, 9.17) is 0 Å². The molecule has 2 unspecified atom stereocenters. The molecule has 1 N–H and O–H groups in total. The second-order valence-electron chi connectivity index (χ2n) is 4.31. The number of nitrogens with one attached hydrogen (secondary N) is 1. The molecule has 96 valence electrons. The van der Waals surface area contributed by atoms with Crippen LogP contribution in [-0.2, 0) is 0 Å². The van der Waals surface area contributed by atoms with Gasteiger partial charge < -0.3 is 5.32 Å². The molecule has 0 amide bonds. The third kappa shape index (κ3) is 3.29. The van der Waals surface area contributed by atoms with Gasteiger partial charge in [0.15, 0.2) is 0 Å². The van der Waals surface area contributed by atoms with Crippen molar-refractivity contribution in [1.29, 1.82) is 0 Å². The highest BCUT2D eigenvalue weighted by Crippen LogP contribution is 2.14. The van der Waals surface area contributed by atoms with Crippen LogP contribution in [0.3, 0.4) is 0 Å². The summed E-state index contributed by atoms with van der Waals surface area (Å²) in [5.41, 5.74) is 0.948. The van der Waals surface area contributed by atoms with E-state index in [0.717, 1.165) is 12.1 Å². The predicted octanol–water partition coefficient (Wildman–Crippen LogP) is 2.64. The fraction of sp³-hybridized carbons (Fsp3) is 0.417. The van der Waals surface area contributed by atoms with Gasteiger partial charge in [-0.25, -0.2) is 0 Å². The summed E-state index contributed by atoms with van der Waals surface area (Å²) in [5, 5.41) is 15.1. The summed E-state index contributed by atoms with van der Waals surface area (Å²) in [6.07, 6.45) is 1.00. The number of tetrazole rings is 1. The number of hydrogen-bond acceptors (Lipinski definition) is 4. The molecular formula is C12H16BrN5. The quantitative estimate of drug-likeness (QED) is 0.863. The first-order chi connectivity index (χ1) is 8.66. The molecule has 2 atom stereocenters. The highest BCUT2D eigenvalue weighted by molar-refractivity contribution is 9.09. The maximum Gasteiger partial charge on any atom is 0.247 e. The summed E-state index contributed by atoms with van der Waals surface area (Å²) < 4.78 is 1.70. The minimum atomic E-state index is 0.299. The molecule has 18 heavy (non-hydrogen) atoms. The van der Waals surface area contributed by atoms with Gasteiger partial charge in [-0.15, -0.1) is 0 Å². The molecule has 0 radical (unpaired) electrons. The van der Waals surface area contributed by atoms with Crippen LogP contribution in [0.25, 0.3) is 5.69 Å². The lowest BCUT2D eigenvalue weighted by atomic mass is 10.2. The van der Waals surface area contributed by atoms with E-state index < -0.39 is 0 Å². The van der Waals surface area contributed by atoms with E-state index in [1.54, 1.807) is 4.68 Å². The standard InChI is InChI=1S/C12H16BrN5/c1-9(13)8-10(2)14-12-15-16-17-18(12)11-6-4-3-5-7-11/h3-7,9-10H,8H2,1-2H3,(H,14,15,17). The molecule has 0 spiro atoms. The van der Waals surface area contributed by atoms with Crippen LogP contribution in [0.5, 0.6) is 0 Å². The zero-order chi connectivity index (χ0) is 13.0. The average Bonchev–Trinajstić information content (AvgIpc) is 2.77. The van der Waals surface area contributed by atoms with E-state index in [-0.39, 0.29) is 0 Å². The van der Waals surface area contributed by atoms with E-state index in [0.29, 0.717) is 16.8 Å². The van der Waals surface area contributed by atoms with Crippen molar-refractivity contribution in [2.75, 3.05) is 5.32 Å². The molecule has 1 aromatic heterocycles. The number of halogens is 1. The van der Waals surface area contributed by atoms with Crippen molar-refractivity contribution in [3.8, 4) is 5.69 Å². The Kier molecular flexibility index (Phi) is 4.30. The number of benzene rings is 1. The van der Waals surface area contributed by atoms with Crippen molar-refractivity contribution in [3.63, 3.8) is 0 Å². The van der Waals surface area contributed by atoms with Gasteiger partial charge in [0.25, 0.3) is 0 Å². The highest BCUT2D eigenvalue weighted by Gasteiger charge is 2.12. The first-order valence-corrected chi connectivity index (χ1v) is 6.83. The van der Waals surface area contributed by atoms with Crippen molar-refractivity contribution in [3.05, 3.63) is 30.3 Å². The van der Waals surface area contributed by atoms with Crippen LogP contribution in [0.4, 0.5) is 5.95 Å². The van der Waals surface area contributed by atoms with Crippen LogP contribution in [-0.4, -0.2) is 31.1 Å². The van der Waals surface area contributed by atoms with Gasteiger partial charge in [0.1, 0.15) is 0 Å². The van der Waals surface area contributed by atoms with Crippen molar-refractivity contribution >= 4 is 21.9 Å². The smallest absolute Gasteiger partial charge is 0.247 e. The molecule has 0 aliphatic heterocycles. The topological polar surface area (TPSA) is 55.6 Å². The Morgan fingerprint density at radius 2 is 2.00 bits per heavy atom. The van der Waals surface area contributed by atoms with E-state index in [1.807, 2.05) is 30.3 Å². The number of hydrogen-bond donors (Lipinski definition) is 1. The summed E-state index contributed by atoms with van der Waals surface area (Å²) in [7, 11) is 0. The highest BCUT2D eigenvalue weighted by atomic mass is 79.9. The van der Waals surface area contributed by atoms with Crippen LogP contribution in [0.1, 0.15) is 20.3 Å². The van der Waals surface area contributed by atoms with Gasteiger partial charge in [-0.2, -0.15) is 4.68 Å². The number of aromatic nitrogens is 4. The molecule has 0 fully saturated rings. The molecule has 0 saturated carbocycles. The lowest BCUT2D eigenvalue weighted by Gasteiger charge is -2.15. The van der Waals surface area contributed by atoms with Gasteiger partial charge in [-0.3, -0.25) is 0 Å². The van der Waals surface area contributed by atoms with Crippen molar-refractivity contribution in [1.82, 2.24) is 20.2 Å². The Balaban J connectivity index is 2.14. The average molecular weight is 310 g/mol. The van der Waals surface area contributed by atoms with Gasteiger partial charge in [0.2, 0.25) is 5.95 Å². The maximum absolute atomic E-state index is 4.02. The van der Waals surface area contributed by atoms with Crippen LogP contribution in [0.15, 0.2) is 30.3 Å². The van der Waals surface area contributed by atoms with Crippen LogP contribution in [0, 0.1) is 0 Å². The molecular weight excluding hydrogens is 294 g/mol. The van der Waals surface area contributed by atoms with E-state index >= 15 is 0 Å². The first kappa shape index (κ1) is 13.0. The minimum Gasteiger partial charge on any atom is -0.350 e. The monoisotopic (exact) mass is 309 g/mol. The molecule has 0 bridgehead atoms. The van der Waals surface area contributed by atoms with Crippen LogP contribution in [0.2, 0.25) is 0 Å². The Morgan fingerprint density at radius 3 is 2.67 bits per heavy atom. The molecule has 1 aromatic carbocycles. The Morgan fingerprint density at radius 1 is 1.28 bits per heavy atom. The van der Waals surface area contributed by atoms with E-state index in [9.17, 15) is 0 Å². The van der Waals surface area contributed by atoms with E-state index in [2.05, 4.69) is 50.6 Å². The molecule has 0 saturated heterocycles. The van der Waals surface area contributed by atoms with Gasteiger partial charge in [-0.05, 0) is 35.9 Å². The minimum absolute atomic E-state index is 0.299. The number of anilines is 1. The maximum atomic E-state index is 4.02. The third-order valence-electron chi connectivity index (χ3n) is 2.52. The van der Waals surface area contributed by atoms with Crippen LogP contribution < -0.4 is 5.32 Å². The Hall–Kier alpha value is -1.43. The van der Waals surface area contributed by atoms with Crippen molar-refractivity contribution < 1.29 is 0 Å². The summed E-state index contributed by atoms with van der Waals surface area (Å²) in [6, 6.07) is 10.1. The summed E-state index contributed by atoms with van der Waals surface area (Å²) in [5.74, 6) is 0.668. The fourth-order valence-corrected chi connectivity index (χ4v) is 2.35. The Labute approximate surface area is 115 Å². The predicted molar refractivity (Wildman–Crippen MR) is 75.2 cm³/mol. The second kappa shape index (κ2) is 5.95. The lowest BCUT2D eigenvalue weighted by Crippen LogP contribution is -2.21. The second-order valence-corrected chi connectivity index (χ2v) is 5.87. The first-order valence-electron chi connectivity index (χ1n) is 5.91. The van der Waals surface area contributed by atoms with Gasteiger partial charge in [0, 0.05) is 10.9 Å². The van der Waals surface area contributed by atoms with Gasteiger partial charge in [-0.1, -0.05) is 46.2 Å². The number of rotatable bonds is 5. The largest absolute Gasteiger partial charge is 0.350 e. The number of alkyl halides is 1. The normalized spacial score (nSPS) is 14.2. The van der Waals surface area contributed by atoms with Gasteiger partial charge >= 0.3 is 0 Å². The van der Waals surface area contributed by atoms with Gasteiger partial charge in [0.05, 0.1) is 5.69 Å². The summed E-state index contributed by atoms with van der Waals surface area (Å²) in [4.78, 5) is 0.459. The number of nitrogens with zero attached hydrogens (tertiary/aromatic N) is 4. The molecule has 2 rings (SSSR count). The zero-order valence-electron chi connectivity index (χ0n) is 10.4. The van der Waals surface area contributed by atoms with Crippen molar-refractivity contribution in [2.24, 2.45) is 0 Å². The number of para-hydroxylation sites is 1. The molecule has 0 aliphatic carbocycles. The van der Waals surface area contributed by atoms with E-state index in [1.165, 1.54) is 0 Å². The SMILES string of the molecule is CC(Br)CC(C)Nc1nnnn1-c1ccccc1. The van der Waals surface area contributed by atoms with Crippen molar-refractivity contribution in [2.45, 2.75) is 31.1 Å². The molecule has 2 aromatic rings. The molecule has 1 heterocycles. The fourth-order valence-electron chi connectivity index (χ4n) is 1.79. The Bertz CT molecular complexity index is 482. The molecule has 6 heteroatoms. The summed E-state index contributed by atoms with van der Waals surface area (Å²) >= 11 is 3.54. The summed E-state index contributed by atoms with van der Waals surface area (Å²) in [6.45, 7) is 4.24. The van der Waals surface area contributed by atoms with Crippen LogP contribution >= 0.6 is 15.9 Å². The molecule has 0 aliphatic rings. The lowest BCUT2D eigenvalue weighted by molar-refractivity contribution is 0.694. The zero-order valence-corrected chi connectivity index (χ0v) is 12.0.